The number of benzene rings is 1. The van der Waals surface area contributed by atoms with Crippen LogP contribution in [0.25, 0.3) is 0 Å². The monoisotopic (exact) mass is 366 g/mol. The summed E-state index contributed by atoms with van der Waals surface area (Å²) in [6, 6.07) is 6.23. The average molecular weight is 366 g/mol. The van der Waals surface area contributed by atoms with Gasteiger partial charge in [-0.05, 0) is 43.4 Å². The standard InChI is InChI=1S/C18H21F3N4O/c19-18(20,21)26-14-6-4-5-13(11-14)17(8-9-17)22-12-16-24-23-15-7-2-1-3-10-25(15)16/h4-6,11,22H,1-3,7-10,12H2. The van der Waals surface area contributed by atoms with Crippen molar-refractivity contribution in [1.82, 2.24) is 20.1 Å². The van der Waals surface area contributed by atoms with E-state index in [9.17, 15) is 13.2 Å². The van der Waals surface area contributed by atoms with Crippen LogP contribution in [0, 0.1) is 0 Å². The van der Waals surface area contributed by atoms with Crippen LogP contribution in [0.1, 0.15) is 49.3 Å². The van der Waals surface area contributed by atoms with E-state index < -0.39 is 6.36 Å². The fourth-order valence-corrected chi connectivity index (χ4v) is 3.61. The van der Waals surface area contributed by atoms with Crippen LogP contribution in [0.4, 0.5) is 13.2 Å². The predicted molar refractivity (Wildman–Crippen MR) is 88.5 cm³/mol. The minimum Gasteiger partial charge on any atom is -0.406 e. The molecular weight excluding hydrogens is 345 g/mol. The lowest BCUT2D eigenvalue weighted by atomic mass is 10.0. The maximum atomic E-state index is 12.5. The van der Waals surface area contributed by atoms with Gasteiger partial charge in [0.05, 0.1) is 6.54 Å². The first-order valence-electron chi connectivity index (χ1n) is 8.97. The highest BCUT2D eigenvalue weighted by Gasteiger charge is 2.44. The molecule has 1 aliphatic carbocycles. The van der Waals surface area contributed by atoms with Crippen molar-refractivity contribution in [1.29, 1.82) is 0 Å². The van der Waals surface area contributed by atoms with Gasteiger partial charge in [-0.1, -0.05) is 18.6 Å². The van der Waals surface area contributed by atoms with Crippen molar-refractivity contribution < 1.29 is 17.9 Å². The Bertz CT molecular complexity index is 783. The molecule has 0 saturated heterocycles. The summed E-state index contributed by atoms with van der Waals surface area (Å²) in [4.78, 5) is 0. The first-order valence-corrected chi connectivity index (χ1v) is 8.97. The molecule has 0 atom stereocenters. The molecule has 0 radical (unpaired) electrons. The third-order valence-corrected chi connectivity index (χ3v) is 5.14. The van der Waals surface area contributed by atoms with Crippen molar-refractivity contribution in [3.63, 3.8) is 0 Å². The van der Waals surface area contributed by atoms with Gasteiger partial charge >= 0.3 is 6.36 Å². The van der Waals surface area contributed by atoms with Crippen LogP contribution in [0.5, 0.6) is 5.75 Å². The predicted octanol–water partition coefficient (Wildman–Crippen LogP) is 3.68. The summed E-state index contributed by atoms with van der Waals surface area (Å²) in [5.41, 5.74) is 0.511. The number of fused-ring (bicyclic) bond motifs is 1. The summed E-state index contributed by atoms with van der Waals surface area (Å²) in [6.07, 6.45) is 1.50. The molecule has 0 spiro atoms. The van der Waals surface area contributed by atoms with Gasteiger partial charge in [-0.15, -0.1) is 23.4 Å². The maximum absolute atomic E-state index is 12.5. The van der Waals surface area contributed by atoms with E-state index in [2.05, 4.69) is 24.8 Å². The minimum absolute atomic E-state index is 0.181. The van der Waals surface area contributed by atoms with E-state index in [4.69, 9.17) is 0 Å². The van der Waals surface area contributed by atoms with Crippen molar-refractivity contribution in [2.24, 2.45) is 0 Å². The quantitative estimate of drug-likeness (QED) is 0.877. The van der Waals surface area contributed by atoms with Crippen LogP contribution >= 0.6 is 0 Å². The molecule has 26 heavy (non-hydrogen) atoms. The Morgan fingerprint density at radius 3 is 2.77 bits per heavy atom. The molecule has 4 rings (SSSR count). The van der Waals surface area contributed by atoms with Gasteiger partial charge in [0, 0.05) is 18.5 Å². The van der Waals surface area contributed by atoms with Crippen molar-refractivity contribution in [2.75, 3.05) is 0 Å². The van der Waals surface area contributed by atoms with Gasteiger partial charge in [-0.25, -0.2) is 0 Å². The molecule has 2 heterocycles. The Morgan fingerprint density at radius 2 is 2.00 bits per heavy atom. The number of hydrogen-bond donors (Lipinski definition) is 1. The van der Waals surface area contributed by atoms with Crippen molar-refractivity contribution in [3.05, 3.63) is 41.5 Å². The number of aryl methyl sites for hydroxylation is 1. The largest absolute Gasteiger partial charge is 0.573 e. The number of rotatable bonds is 5. The lowest BCUT2D eigenvalue weighted by molar-refractivity contribution is -0.274. The SMILES string of the molecule is FC(F)(F)Oc1cccc(C2(NCc3nnc4n3CCCCC4)CC2)c1. The number of ether oxygens (including phenoxy) is 1. The molecule has 140 valence electrons. The molecule has 0 amide bonds. The van der Waals surface area contributed by atoms with Gasteiger partial charge < -0.3 is 14.6 Å². The topological polar surface area (TPSA) is 52.0 Å². The number of hydrogen-bond acceptors (Lipinski definition) is 4. The molecule has 1 N–H and O–H groups in total. The molecule has 0 unspecified atom stereocenters. The normalized spacial score (nSPS) is 18.9. The summed E-state index contributed by atoms with van der Waals surface area (Å²) in [7, 11) is 0. The first-order chi connectivity index (χ1) is 12.5. The number of halogens is 3. The van der Waals surface area contributed by atoms with E-state index in [1.54, 1.807) is 6.07 Å². The Hall–Kier alpha value is -2.09. The van der Waals surface area contributed by atoms with Gasteiger partial charge in [-0.3, -0.25) is 0 Å². The van der Waals surface area contributed by atoms with Crippen molar-refractivity contribution in [3.8, 4) is 5.75 Å². The summed E-state index contributed by atoms with van der Waals surface area (Å²) in [5.74, 6) is 1.75. The highest BCUT2D eigenvalue weighted by molar-refractivity contribution is 5.37. The molecular formula is C18H21F3N4O. The second-order valence-electron chi connectivity index (χ2n) is 7.01. The maximum Gasteiger partial charge on any atom is 0.573 e. The fraction of sp³-hybridized carbons (Fsp3) is 0.556. The second-order valence-corrected chi connectivity index (χ2v) is 7.01. The third-order valence-electron chi connectivity index (χ3n) is 5.14. The smallest absolute Gasteiger partial charge is 0.406 e. The highest BCUT2D eigenvalue weighted by atomic mass is 19.4. The Kier molecular flexibility index (Phi) is 4.38. The third kappa shape index (κ3) is 3.70. The number of aromatic nitrogens is 3. The first kappa shape index (κ1) is 17.3. The molecule has 1 fully saturated rings. The second kappa shape index (κ2) is 6.57. The Labute approximate surface area is 149 Å². The van der Waals surface area contributed by atoms with Crippen molar-refractivity contribution in [2.45, 2.75) is 63.5 Å². The number of nitrogens with one attached hydrogen (secondary N) is 1. The van der Waals surface area contributed by atoms with Crippen LogP contribution in [-0.2, 0) is 25.0 Å². The van der Waals surface area contributed by atoms with E-state index in [0.29, 0.717) is 6.54 Å². The minimum atomic E-state index is -4.68. The zero-order chi connectivity index (χ0) is 18.2. The zero-order valence-electron chi connectivity index (χ0n) is 14.4. The van der Waals surface area contributed by atoms with Gasteiger partial charge in [0.2, 0.25) is 0 Å². The molecule has 1 aliphatic heterocycles. The molecule has 1 saturated carbocycles. The van der Waals surface area contributed by atoms with Crippen molar-refractivity contribution >= 4 is 0 Å². The summed E-state index contributed by atoms with van der Waals surface area (Å²) in [6.45, 7) is 1.48. The van der Waals surface area contributed by atoms with E-state index in [1.165, 1.54) is 18.6 Å². The molecule has 2 aliphatic rings. The molecule has 1 aromatic carbocycles. The zero-order valence-corrected chi connectivity index (χ0v) is 14.4. The number of nitrogens with zero attached hydrogens (tertiary/aromatic N) is 3. The molecule has 5 nitrogen and oxygen atoms in total. The van der Waals surface area contributed by atoms with Crippen LogP contribution < -0.4 is 10.1 Å². The Morgan fingerprint density at radius 1 is 1.15 bits per heavy atom. The molecule has 0 bridgehead atoms. The molecule has 2 aromatic rings. The van der Waals surface area contributed by atoms with Crippen LogP contribution in [0.15, 0.2) is 24.3 Å². The van der Waals surface area contributed by atoms with Crippen LogP contribution in [0.2, 0.25) is 0 Å². The summed E-state index contributed by atoms with van der Waals surface area (Å²) < 4.78 is 43.6. The lowest BCUT2D eigenvalue weighted by Gasteiger charge is -2.19. The van der Waals surface area contributed by atoms with Gasteiger partial charge in [0.15, 0.2) is 0 Å². The van der Waals surface area contributed by atoms with Crippen LogP contribution in [-0.4, -0.2) is 21.1 Å². The fourth-order valence-electron chi connectivity index (χ4n) is 3.61. The van der Waals surface area contributed by atoms with Gasteiger partial charge in [-0.2, -0.15) is 0 Å². The van der Waals surface area contributed by atoms with Gasteiger partial charge in [0.1, 0.15) is 17.4 Å². The van der Waals surface area contributed by atoms with E-state index in [-0.39, 0.29) is 11.3 Å². The molecule has 8 heteroatoms. The van der Waals surface area contributed by atoms with E-state index >= 15 is 0 Å². The van der Waals surface area contributed by atoms with Crippen LogP contribution in [0.3, 0.4) is 0 Å². The average Bonchev–Trinajstić information content (AvgIpc) is 3.33. The van der Waals surface area contributed by atoms with Gasteiger partial charge in [0.25, 0.3) is 0 Å². The molecule has 1 aromatic heterocycles. The summed E-state index contributed by atoms with van der Waals surface area (Å²) in [5, 5.41) is 12.1. The highest BCUT2D eigenvalue weighted by Crippen LogP contribution is 2.46. The number of alkyl halides is 3. The summed E-state index contributed by atoms with van der Waals surface area (Å²) >= 11 is 0. The van der Waals surface area contributed by atoms with E-state index in [1.807, 2.05) is 6.07 Å². The Balaban J connectivity index is 1.47. The lowest BCUT2D eigenvalue weighted by Crippen LogP contribution is -2.30. The van der Waals surface area contributed by atoms with E-state index in [0.717, 1.165) is 55.9 Å².